The highest BCUT2D eigenvalue weighted by molar-refractivity contribution is 7.71. The summed E-state index contributed by atoms with van der Waals surface area (Å²) in [6.07, 6.45) is -0.411. The van der Waals surface area contributed by atoms with Crippen molar-refractivity contribution in [3.05, 3.63) is 16.5 Å². The van der Waals surface area contributed by atoms with Crippen LogP contribution in [0.5, 0.6) is 0 Å². The summed E-state index contributed by atoms with van der Waals surface area (Å²) < 4.78 is 5.44. The van der Waals surface area contributed by atoms with Crippen molar-refractivity contribution in [1.29, 1.82) is 0 Å². The number of aliphatic hydroxyl groups excluding tert-OH is 1. The number of aromatic nitrogens is 2. The van der Waals surface area contributed by atoms with Gasteiger partial charge in [-0.2, -0.15) is 0 Å². The van der Waals surface area contributed by atoms with Crippen LogP contribution in [0, 0.1) is 4.64 Å². The van der Waals surface area contributed by atoms with Gasteiger partial charge in [0, 0.05) is 19.7 Å². The Hall–Kier alpha value is -0.980. The lowest BCUT2D eigenvalue weighted by atomic mass is 10.4. The van der Waals surface area contributed by atoms with Gasteiger partial charge in [0.1, 0.15) is 22.9 Å². The SMILES string of the molecule is COCc1nc(=S)cc(NCC(C)O)[nH]1. The summed E-state index contributed by atoms with van der Waals surface area (Å²) in [7, 11) is 1.59. The zero-order chi connectivity index (χ0) is 11.3. The summed E-state index contributed by atoms with van der Waals surface area (Å²) in [4.78, 5) is 7.10. The van der Waals surface area contributed by atoms with Crippen LogP contribution in [-0.4, -0.2) is 34.8 Å². The maximum absolute atomic E-state index is 9.11. The molecule has 1 rings (SSSR count). The first-order chi connectivity index (χ1) is 7.11. The van der Waals surface area contributed by atoms with Crippen molar-refractivity contribution in [3.8, 4) is 0 Å². The van der Waals surface area contributed by atoms with Gasteiger partial charge in [0.05, 0.1) is 6.10 Å². The molecule has 0 bridgehead atoms. The first kappa shape index (κ1) is 12.1. The van der Waals surface area contributed by atoms with Crippen molar-refractivity contribution in [3.63, 3.8) is 0 Å². The van der Waals surface area contributed by atoms with Gasteiger partial charge >= 0.3 is 0 Å². The molecule has 0 fully saturated rings. The Morgan fingerprint density at radius 1 is 1.73 bits per heavy atom. The van der Waals surface area contributed by atoms with E-state index in [4.69, 9.17) is 22.1 Å². The van der Waals surface area contributed by atoms with Crippen LogP contribution < -0.4 is 5.32 Å². The van der Waals surface area contributed by atoms with E-state index in [1.54, 1.807) is 20.1 Å². The topological polar surface area (TPSA) is 70.2 Å². The largest absolute Gasteiger partial charge is 0.392 e. The molecule has 5 nitrogen and oxygen atoms in total. The first-order valence-electron chi connectivity index (χ1n) is 4.63. The fourth-order valence-electron chi connectivity index (χ4n) is 1.07. The fraction of sp³-hybridized carbons (Fsp3) is 0.556. The van der Waals surface area contributed by atoms with Crippen molar-refractivity contribution in [2.45, 2.75) is 19.6 Å². The van der Waals surface area contributed by atoms with E-state index in [9.17, 15) is 0 Å². The van der Waals surface area contributed by atoms with Gasteiger partial charge in [-0.1, -0.05) is 12.2 Å². The van der Waals surface area contributed by atoms with Gasteiger partial charge in [-0.05, 0) is 6.92 Å². The van der Waals surface area contributed by atoms with Gasteiger partial charge in [-0.3, -0.25) is 0 Å². The van der Waals surface area contributed by atoms with E-state index in [1.807, 2.05) is 0 Å². The molecule has 0 aromatic carbocycles. The van der Waals surface area contributed by atoms with E-state index in [1.165, 1.54) is 0 Å². The molecular weight excluding hydrogens is 214 g/mol. The lowest BCUT2D eigenvalue weighted by molar-refractivity contribution is 0.177. The lowest BCUT2D eigenvalue weighted by Gasteiger charge is -2.09. The number of aliphatic hydroxyl groups is 1. The number of rotatable bonds is 5. The Balaban J connectivity index is 2.75. The molecule has 84 valence electrons. The summed E-state index contributed by atoms with van der Waals surface area (Å²) in [5.74, 6) is 1.40. The highest BCUT2D eigenvalue weighted by Gasteiger charge is 2.00. The molecule has 15 heavy (non-hydrogen) atoms. The van der Waals surface area contributed by atoms with E-state index < -0.39 is 6.10 Å². The van der Waals surface area contributed by atoms with Gasteiger partial charge < -0.3 is 20.1 Å². The van der Waals surface area contributed by atoms with Gasteiger partial charge in [-0.25, -0.2) is 4.98 Å². The number of nitrogens with zero attached hydrogens (tertiary/aromatic N) is 1. The summed E-state index contributed by atoms with van der Waals surface area (Å²) in [6, 6.07) is 1.71. The van der Waals surface area contributed by atoms with E-state index in [0.717, 1.165) is 5.82 Å². The van der Waals surface area contributed by atoms with Crippen LogP contribution in [0.1, 0.15) is 12.7 Å². The summed E-state index contributed by atoms with van der Waals surface area (Å²) >= 11 is 4.99. The minimum Gasteiger partial charge on any atom is -0.392 e. The van der Waals surface area contributed by atoms with E-state index in [2.05, 4.69) is 15.3 Å². The molecule has 3 N–H and O–H groups in total. The number of aromatic amines is 1. The molecule has 0 amide bonds. The second-order valence-electron chi connectivity index (χ2n) is 3.24. The third-order valence-corrected chi connectivity index (χ3v) is 1.87. The molecule has 0 spiro atoms. The third kappa shape index (κ3) is 4.37. The van der Waals surface area contributed by atoms with E-state index in [-0.39, 0.29) is 0 Å². The normalized spacial score (nSPS) is 12.5. The molecule has 0 aliphatic rings. The summed E-state index contributed by atoms with van der Waals surface area (Å²) in [6.45, 7) is 2.55. The highest BCUT2D eigenvalue weighted by Crippen LogP contribution is 2.04. The van der Waals surface area contributed by atoms with Crippen LogP contribution in [0.2, 0.25) is 0 Å². The van der Waals surface area contributed by atoms with Gasteiger partial charge in [0.25, 0.3) is 0 Å². The van der Waals surface area contributed by atoms with Crippen molar-refractivity contribution in [2.75, 3.05) is 19.0 Å². The van der Waals surface area contributed by atoms with Crippen LogP contribution in [0.15, 0.2) is 6.07 Å². The Morgan fingerprint density at radius 3 is 3.07 bits per heavy atom. The summed E-state index contributed by atoms with van der Waals surface area (Å²) in [5.41, 5.74) is 0. The molecule has 0 aliphatic carbocycles. The van der Waals surface area contributed by atoms with Crippen LogP contribution >= 0.6 is 12.2 Å². The molecule has 0 saturated heterocycles. The molecule has 1 unspecified atom stereocenters. The molecule has 0 radical (unpaired) electrons. The van der Waals surface area contributed by atoms with E-state index >= 15 is 0 Å². The average Bonchev–Trinajstić information content (AvgIpc) is 2.14. The van der Waals surface area contributed by atoms with Crippen molar-refractivity contribution in [2.24, 2.45) is 0 Å². The maximum atomic E-state index is 9.11. The maximum Gasteiger partial charge on any atom is 0.135 e. The van der Waals surface area contributed by atoms with Gasteiger partial charge in [-0.15, -0.1) is 0 Å². The molecular formula is C9H15N3O2S. The second kappa shape index (κ2) is 5.79. The van der Waals surface area contributed by atoms with Gasteiger partial charge in [0.2, 0.25) is 0 Å². The van der Waals surface area contributed by atoms with Crippen molar-refractivity contribution < 1.29 is 9.84 Å². The number of anilines is 1. The zero-order valence-corrected chi connectivity index (χ0v) is 9.60. The van der Waals surface area contributed by atoms with Crippen LogP contribution in [0.25, 0.3) is 0 Å². The number of nitrogens with one attached hydrogen (secondary N) is 2. The molecule has 0 aliphatic heterocycles. The number of hydrogen-bond donors (Lipinski definition) is 3. The monoisotopic (exact) mass is 229 g/mol. The molecule has 0 saturated carbocycles. The predicted molar refractivity (Wildman–Crippen MR) is 60.3 cm³/mol. The number of methoxy groups -OCH3 is 1. The third-order valence-electron chi connectivity index (χ3n) is 1.66. The highest BCUT2D eigenvalue weighted by atomic mass is 32.1. The van der Waals surface area contributed by atoms with Crippen molar-refractivity contribution in [1.82, 2.24) is 9.97 Å². The van der Waals surface area contributed by atoms with Gasteiger partial charge in [0.15, 0.2) is 0 Å². The minimum absolute atomic E-state index is 0.383. The standard InChI is InChI=1S/C9H15N3O2S/c1-6(13)4-10-7-3-9(15)12-8(11-7)5-14-2/h3,6,13H,4-5H2,1-2H3,(H2,10,11,12,15). The molecule has 1 heterocycles. The number of hydrogen-bond acceptors (Lipinski definition) is 5. The zero-order valence-electron chi connectivity index (χ0n) is 8.78. The second-order valence-corrected chi connectivity index (χ2v) is 3.66. The fourth-order valence-corrected chi connectivity index (χ4v) is 1.29. The number of ether oxygens (including phenoxy) is 1. The molecule has 1 aromatic rings. The molecule has 6 heteroatoms. The van der Waals surface area contributed by atoms with Crippen molar-refractivity contribution >= 4 is 18.0 Å². The van der Waals surface area contributed by atoms with Crippen LogP contribution in [-0.2, 0) is 11.3 Å². The Bertz CT molecular complexity index is 365. The van der Waals surface area contributed by atoms with Crippen LogP contribution in [0.4, 0.5) is 5.82 Å². The summed E-state index contributed by atoms with van der Waals surface area (Å²) in [5, 5.41) is 12.1. The Labute approximate surface area is 93.5 Å². The average molecular weight is 229 g/mol. The first-order valence-corrected chi connectivity index (χ1v) is 5.03. The Kier molecular flexibility index (Phi) is 4.67. The Morgan fingerprint density at radius 2 is 2.47 bits per heavy atom. The number of H-pyrrole nitrogens is 1. The van der Waals surface area contributed by atoms with Crippen LogP contribution in [0.3, 0.4) is 0 Å². The van der Waals surface area contributed by atoms with E-state index in [0.29, 0.717) is 23.6 Å². The smallest absolute Gasteiger partial charge is 0.135 e. The quantitative estimate of drug-likeness (QED) is 0.659. The predicted octanol–water partition coefficient (Wildman–Crippen LogP) is 1.08. The molecule has 1 aromatic heterocycles. The minimum atomic E-state index is -0.411. The lowest BCUT2D eigenvalue weighted by Crippen LogP contribution is -2.16. The molecule has 1 atom stereocenters.